The van der Waals surface area contributed by atoms with E-state index in [1.54, 1.807) is 4.31 Å². The highest BCUT2D eigenvalue weighted by molar-refractivity contribution is 7.89. The predicted octanol–water partition coefficient (Wildman–Crippen LogP) is 5.96. The molecule has 1 saturated carbocycles. The molecule has 0 radical (unpaired) electrons. The van der Waals surface area contributed by atoms with Gasteiger partial charge in [-0.05, 0) is 113 Å². The summed E-state index contributed by atoms with van der Waals surface area (Å²) in [4.78, 5) is 2.52. The molecule has 236 valence electrons. The van der Waals surface area contributed by atoms with Gasteiger partial charge in [0.05, 0.1) is 16.7 Å². The van der Waals surface area contributed by atoms with Crippen LogP contribution in [-0.4, -0.2) is 74.4 Å². The van der Waals surface area contributed by atoms with Crippen LogP contribution in [0.3, 0.4) is 0 Å². The van der Waals surface area contributed by atoms with Crippen molar-refractivity contribution in [1.29, 1.82) is 0 Å². The molecule has 7 nitrogen and oxygen atoms in total. The van der Waals surface area contributed by atoms with Gasteiger partial charge in [-0.2, -0.15) is 4.31 Å². The van der Waals surface area contributed by atoms with Gasteiger partial charge in [0.25, 0.3) is 0 Å². The van der Waals surface area contributed by atoms with Crippen LogP contribution < -0.4 is 0 Å². The number of hydrogen-bond donors (Lipinski definition) is 0. The lowest BCUT2D eigenvalue weighted by Gasteiger charge is -2.45. The molecule has 4 aliphatic rings. The van der Waals surface area contributed by atoms with Crippen LogP contribution in [0.15, 0.2) is 47.4 Å². The van der Waals surface area contributed by atoms with Crippen LogP contribution in [0.25, 0.3) is 0 Å². The topological polar surface area (TPSA) is 78.0 Å². The van der Waals surface area contributed by atoms with Gasteiger partial charge in [0.1, 0.15) is 11.6 Å². The molecule has 2 aromatic rings. The molecular formula is C31H40ClF2N3O4S2. The lowest BCUT2D eigenvalue weighted by Crippen LogP contribution is -2.53. The summed E-state index contributed by atoms with van der Waals surface area (Å²) < 4.78 is 88.2. The van der Waals surface area contributed by atoms with Gasteiger partial charge >= 0.3 is 0 Å². The van der Waals surface area contributed by atoms with E-state index in [2.05, 4.69) is 4.90 Å². The van der Waals surface area contributed by atoms with E-state index in [1.807, 2.05) is 0 Å². The highest BCUT2D eigenvalue weighted by Gasteiger charge is 2.59. The van der Waals surface area contributed by atoms with Crippen molar-refractivity contribution in [3.05, 3.63) is 64.7 Å². The number of likely N-dealkylation sites (tertiary alicyclic amines) is 1. The molecule has 3 saturated heterocycles. The minimum absolute atomic E-state index is 0.0177. The van der Waals surface area contributed by atoms with Crippen LogP contribution in [0, 0.1) is 17.0 Å². The molecule has 0 spiro atoms. The number of sulfonamides is 2. The van der Waals surface area contributed by atoms with E-state index < -0.39 is 49.2 Å². The smallest absolute Gasteiger partial charge is 0.243 e. The second-order valence-corrected chi connectivity index (χ2v) is 17.0. The summed E-state index contributed by atoms with van der Waals surface area (Å²) in [7, 11) is -7.84. The standard InChI is InChI=1S/C31H40ClF2N3O4S2/c32-24-7-9-28(10-8-24)43(40,41)37-29(23-19-25(33)21-26(34)20-23)5-4-6-30(37)31(13-14-31)22-42(38,39)36-17-11-27(12-18-36)35-15-2-1-3-16-35/h7-10,19-21,27,29-30H,1-6,11-18,22H2. The van der Waals surface area contributed by atoms with Gasteiger partial charge in [-0.3, -0.25) is 0 Å². The van der Waals surface area contributed by atoms with Crippen LogP contribution in [0.5, 0.6) is 0 Å². The van der Waals surface area contributed by atoms with E-state index in [0.29, 0.717) is 56.3 Å². The van der Waals surface area contributed by atoms with Crippen molar-refractivity contribution >= 4 is 31.6 Å². The number of hydrogen-bond acceptors (Lipinski definition) is 5. The first-order valence-electron chi connectivity index (χ1n) is 15.5. The Morgan fingerprint density at radius 2 is 1.42 bits per heavy atom. The fourth-order valence-corrected chi connectivity index (χ4v) is 11.9. The average Bonchev–Trinajstić information content (AvgIpc) is 3.77. The Balaban J connectivity index is 1.28. The third-order valence-electron chi connectivity index (χ3n) is 10.0. The van der Waals surface area contributed by atoms with Gasteiger partial charge in [0.2, 0.25) is 20.0 Å². The summed E-state index contributed by atoms with van der Waals surface area (Å²) in [5, 5.41) is 0.381. The summed E-state index contributed by atoms with van der Waals surface area (Å²) in [5.41, 5.74) is -0.523. The van der Waals surface area contributed by atoms with Crippen molar-refractivity contribution in [1.82, 2.24) is 13.5 Å². The monoisotopic (exact) mass is 655 g/mol. The molecule has 12 heteroatoms. The summed E-state index contributed by atoms with van der Waals surface area (Å²) >= 11 is 6.05. The number of rotatable bonds is 8. The summed E-state index contributed by atoms with van der Waals surface area (Å²) in [6.45, 7) is 3.11. The van der Waals surface area contributed by atoms with E-state index in [1.165, 1.54) is 60.0 Å². The second-order valence-electron chi connectivity index (χ2n) is 12.8. The number of benzene rings is 2. The van der Waals surface area contributed by atoms with Crippen molar-refractivity contribution in [3.63, 3.8) is 0 Å². The molecule has 4 fully saturated rings. The van der Waals surface area contributed by atoms with Gasteiger partial charge in [0, 0.05) is 41.7 Å². The van der Waals surface area contributed by atoms with Crippen molar-refractivity contribution in [2.45, 2.75) is 87.2 Å². The first kappa shape index (κ1) is 31.4. The number of nitrogens with zero attached hydrogens (tertiary/aromatic N) is 3. The SMILES string of the molecule is O=S(=O)(CC1(C2CCCC(c3cc(F)cc(F)c3)N2S(=O)(=O)c2ccc(Cl)cc2)CC1)N1CCC(N2CCCCC2)CC1. The van der Waals surface area contributed by atoms with Crippen LogP contribution in [-0.2, 0) is 20.0 Å². The maximum absolute atomic E-state index is 14.4. The maximum Gasteiger partial charge on any atom is 0.243 e. The molecular weight excluding hydrogens is 616 g/mol. The van der Waals surface area contributed by atoms with Crippen LogP contribution in [0.1, 0.15) is 75.8 Å². The molecule has 0 aromatic heterocycles. The zero-order chi connectivity index (χ0) is 30.4. The fourth-order valence-electron chi connectivity index (χ4n) is 7.65. The van der Waals surface area contributed by atoms with Crippen molar-refractivity contribution in [2.75, 3.05) is 31.9 Å². The lowest BCUT2D eigenvalue weighted by molar-refractivity contribution is 0.115. The quantitative estimate of drug-likeness (QED) is 0.351. The first-order chi connectivity index (χ1) is 20.5. The Kier molecular flexibility index (Phi) is 8.96. The zero-order valence-corrected chi connectivity index (χ0v) is 26.7. The van der Waals surface area contributed by atoms with Gasteiger partial charge in [-0.25, -0.2) is 29.9 Å². The molecule has 3 aliphatic heterocycles. The van der Waals surface area contributed by atoms with Crippen molar-refractivity contribution in [3.8, 4) is 0 Å². The number of halogens is 3. The van der Waals surface area contributed by atoms with E-state index in [-0.39, 0.29) is 16.2 Å². The highest BCUT2D eigenvalue weighted by Crippen LogP contribution is 2.57. The molecule has 0 amide bonds. The highest BCUT2D eigenvalue weighted by atomic mass is 35.5. The third-order valence-corrected chi connectivity index (χ3v) is 14.3. The molecule has 1 aliphatic carbocycles. The Morgan fingerprint density at radius 3 is 2.02 bits per heavy atom. The molecule has 43 heavy (non-hydrogen) atoms. The van der Waals surface area contributed by atoms with Crippen LogP contribution >= 0.6 is 11.6 Å². The Hall–Kier alpha value is -1.63. The lowest BCUT2D eigenvalue weighted by atomic mass is 9.86. The minimum Gasteiger partial charge on any atom is -0.300 e. The van der Waals surface area contributed by atoms with E-state index in [9.17, 15) is 25.6 Å². The first-order valence-corrected chi connectivity index (χ1v) is 18.9. The normalized spacial score (nSPS) is 26.4. The Bertz CT molecular complexity index is 1500. The average molecular weight is 656 g/mol. The van der Waals surface area contributed by atoms with Gasteiger partial charge in [-0.15, -0.1) is 0 Å². The van der Waals surface area contributed by atoms with E-state index in [4.69, 9.17) is 11.6 Å². The molecule has 3 heterocycles. The van der Waals surface area contributed by atoms with Crippen LogP contribution in [0.4, 0.5) is 8.78 Å². The fraction of sp³-hybridized carbons (Fsp3) is 0.613. The maximum atomic E-state index is 14.4. The summed E-state index contributed by atoms with van der Waals surface area (Å²) in [6.07, 6.45) is 7.89. The second kappa shape index (κ2) is 12.3. The zero-order valence-electron chi connectivity index (χ0n) is 24.3. The predicted molar refractivity (Wildman–Crippen MR) is 163 cm³/mol. The molecule has 0 bridgehead atoms. The number of piperidine rings is 3. The molecule has 2 aromatic carbocycles. The van der Waals surface area contributed by atoms with Crippen molar-refractivity contribution in [2.24, 2.45) is 5.41 Å². The van der Waals surface area contributed by atoms with E-state index in [0.717, 1.165) is 32.0 Å². The van der Waals surface area contributed by atoms with Gasteiger partial charge in [0.15, 0.2) is 0 Å². The van der Waals surface area contributed by atoms with E-state index >= 15 is 0 Å². The van der Waals surface area contributed by atoms with Crippen molar-refractivity contribution < 1.29 is 25.6 Å². The summed E-state index contributed by atoms with van der Waals surface area (Å²) in [6, 6.07) is 7.93. The largest absolute Gasteiger partial charge is 0.300 e. The van der Waals surface area contributed by atoms with Gasteiger partial charge in [-0.1, -0.05) is 18.0 Å². The molecule has 6 rings (SSSR count). The molecule has 2 unspecified atom stereocenters. The summed E-state index contributed by atoms with van der Waals surface area (Å²) in [5.74, 6) is -1.69. The molecule has 2 atom stereocenters. The molecule has 0 N–H and O–H groups in total. The van der Waals surface area contributed by atoms with Gasteiger partial charge < -0.3 is 4.90 Å². The van der Waals surface area contributed by atoms with Crippen LogP contribution in [0.2, 0.25) is 5.02 Å². The minimum atomic E-state index is -4.18. The Labute approximate surface area is 259 Å². The third kappa shape index (κ3) is 6.53. The Morgan fingerprint density at radius 1 is 0.791 bits per heavy atom.